The van der Waals surface area contributed by atoms with Crippen molar-refractivity contribution in [3.8, 4) is 11.4 Å². The molecule has 0 unspecified atom stereocenters. The van der Waals surface area contributed by atoms with Crippen LogP contribution in [0.2, 0.25) is 0 Å². The number of alkyl halides is 2. The van der Waals surface area contributed by atoms with E-state index in [2.05, 4.69) is 20.6 Å². The SMILES string of the molecule is O=C(O)c1ccc(-c2nc(N3CCOCC3)cc(C3(C(F)F)Nc4ccccc4N3)n2)cc1. The summed E-state index contributed by atoms with van der Waals surface area (Å²) >= 11 is 0. The summed E-state index contributed by atoms with van der Waals surface area (Å²) in [5.74, 6) is -0.329. The van der Waals surface area contributed by atoms with Crippen LogP contribution in [0.5, 0.6) is 0 Å². The number of carbonyl (C=O) groups is 1. The normalized spacial score (nSPS) is 16.8. The summed E-state index contributed by atoms with van der Waals surface area (Å²) in [6, 6.07) is 14.6. The van der Waals surface area contributed by atoms with Gasteiger partial charge >= 0.3 is 5.97 Å². The van der Waals surface area contributed by atoms with Crippen molar-refractivity contribution in [3.63, 3.8) is 0 Å². The van der Waals surface area contributed by atoms with E-state index in [-0.39, 0.29) is 17.1 Å². The number of morpholine rings is 1. The number of para-hydroxylation sites is 2. The highest BCUT2D eigenvalue weighted by atomic mass is 19.3. The molecule has 10 heteroatoms. The Labute approximate surface area is 188 Å². The molecule has 0 amide bonds. The Hall–Kier alpha value is -3.79. The molecule has 3 heterocycles. The number of carboxylic acids is 1. The number of nitrogens with zero attached hydrogens (tertiary/aromatic N) is 3. The first-order chi connectivity index (χ1) is 16.0. The molecule has 0 bridgehead atoms. The second-order valence-electron chi connectivity index (χ2n) is 7.82. The molecule has 0 aliphatic carbocycles. The Balaban J connectivity index is 1.63. The van der Waals surface area contributed by atoms with Crippen molar-refractivity contribution < 1.29 is 23.4 Å². The second-order valence-corrected chi connectivity index (χ2v) is 7.82. The van der Waals surface area contributed by atoms with Crippen LogP contribution in [0.1, 0.15) is 16.1 Å². The maximum atomic E-state index is 14.6. The number of aromatic nitrogens is 2. The summed E-state index contributed by atoms with van der Waals surface area (Å²) in [4.78, 5) is 22.3. The second kappa shape index (κ2) is 8.28. The molecule has 2 aromatic carbocycles. The highest BCUT2D eigenvalue weighted by Crippen LogP contribution is 2.43. The van der Waals surface area contributed by atoms with Crippen molar-refractivity contribution in [2.45, 2.75) is 12.1 Å². The van der Waals surface area contributed by atoms with Crippen LogP contribution in [-0.2, 0) is 10.4 Å². The first-order valence-electron chi connectivity index (χ1n) is 10.5. The van der Waals surface area contributed by atoms with Crippen molar-refractivity contribution in [2.24, 2.45) is 0 Å². The standard InChI is InChI=1S/C23H21F2N5O3/c24-22(25)23(28-16-3-1-2-4-17(16)29-23)18-13-19(30-9-11-33-12-10-30)27-20(26-18)14-5-7-15(8-6-14)21(31)32/h1-8,13,22,28-29H,9-12H2,(H,31,32). The maximum absolute atomic E-state index is 14.6. The number of benzene rings is 2. The van der Waals surface area contributed by atoms with E-state index in [0.29, 0.717) is 49.1 Å². The van der Waals surface area contributed by atoms with E-state index in [9.17, 15) is 18.7 Å². The molecular formula is C23H21F2N5O3. The van der Waals surface area contributed by atoms with Crippen molar-refractivity contribution >= 4 is 23.2 Å². The topological polar surface area (TPSA) is 99.6 Å². The smallest absolute Gasteiger partial charge is 0.335 e. The largest absolute Gasteiger partial charge is 0.478 e. The van der Waals surface area contributed by atoms with Crippen LogP contribution in [-0.4, -0.2) is 53.8 Å². The van der Waals surface area contributed by atoms with Crippen LogP contribution in [0.25, 0.3) is 11.4 Å². The Morgan fingerprint density at radius 1 is 1.03 bits per heavy atom. The minimum atomic E-state index is -2.83. The van der Waals surface area contributed by atoms with Gasteiger partial charge in [-0.25, -0.2) is 23.5 Å². The van der Waals surface area contributed by atoms with E-state index in [1.807, 2.05) is 4.90 Å². The lowest BCUT2D eigenvalue weighted by molar-refractivity contribution is 0.0696. The summed E-state index contributed by atoms with van der Waals surface area (Å²) in [6.07, 6.45) is -2.83. The number of fused-ring (bicyclic) bond motifs is 1. The average Bonchev–Trinajstić information content (AvgIpc) is 3.26. The zero-order chi connectivity index (χ0) is 23.0. The van der Waals surface area contributed by atoms with E-state index in [1.54, 1.807) is 42.5 Å². The summed E-state index contributed by atoms with van der Waals surface area (Å²) < 4.78 is 34.6. The lowest BCUT2D eigenvalue weighted by Crippen LogP contribution is -2.47. The fourth-order valence-electron chi connectivity index (χ4n) is 3.99. The molecular weight excluding hydrogens is 432 g/mol. The number of halogens is 2. The first-order valence-corrected chi connectivity index (χ1v) is 10.5. The van der Waals surface area contributed by atoms with E-state index < -0.39 is 18.1 Å². The number of rotatable bonds is 5. The van der Waals surface area contributed by atoms with Gasteiger partial charge in [-0.05, 0) is 24.3 Å². The van der Waals surface area contributed by atoms with Gasteiger partial charge in [-0.3, -0.25) is 0 Å². The fourth-order valence-corrected chi connectivity index (χ4v) is 3.99. The predicted molar refractivity (Wildman–Crippen MR) is 119 cm³/mol. The Kier molecular flexibility index (Phi) is 5.29. The van der Waals surface area contributed by atoms with E-state index >= 15 is 0 Å². The Morgan fingerprint density at radius 2 is 1.67 bits per heavy atom. The third-order valence-electron chi connectivity index (χ3n) is 5.76. The molecule has 3 N–H and O–H groups in total. The lowest BCUT2D eigenvalue weighted by Gasteiger charge is -2.32. The van der Waals surface area contributed by atoms with Crippen molar-refractivity contribution in [1.82, 2.24) is 9.97 Å². The Morgan fingerprint density at radius 3 is 2.24 bits per heavy atom. The monoisotopic (exact) mass is 453 g/mol. The zero-order valence-electron chi connectivity index (χ0n) is 17.5. The third kappa shape index (κ3) is 3.82. The van der Waals surface area contributed by atoms with E-state index in [4.69, 9.17) is 4.74 Å². The van der Waals surface area contributed by atoms with Crippen LogP contribution in [0.15, 0.2) is 54.6 Å². The maximum Gasteiger partial charge on any atom is 0.335 e. The van der Waals surface area contributed by atoms with Crippen LogP contribution in [0.3, 0.4) is 0 Å². The molecule has 170 valence electrons. The number of anilines is 3. The number of nitrogens with one attached hydrogen (secondary N) is 2. The molecule has 2 aliphatic heterocycles. The summed E-state index contributed by atoms with van der Waals surface area (Å²) in [5.41, 5.74) is -0.113. The molecule has 1 saturated heterocycles. The minimum Gasteiger partial charge on any atom is -0.478 e. The highest BCUT2D eigenvalue weighted by molar-refractivity contribution is 5.88. The predicted octanol–water partition coefficient (Wildman–Crippen LogP) is 3.63. The van der Waals surface area contributed by atoms with Gasteiger partial charge < -0.3 is 25.4 Å². The third-order valence-corrected chi connectivity index (χ3v) is 5.76. The summed E-state index contributed by atoms with van der Waals surface area (Å²) in [6.45, 7) is 2.14. The first kappa shape index (κ1) is 21.1. The van der Waals surface area contributed by atoms with Gasteiger partial charge in [0.25, 0.3) is 6.43 Å². The molecule has 0 atom stereocenters. The minimum absolute atomic E-state index is 0.0857. The van der Waals surface area contributed by atoms with Crippen molar-refractivity contribution in [1.29, 1.82) is 0 Å². The molecule has 2 aliphatic rings. The van der Waals surface area contributed by atoms with Gasteiger partial charge in [0.1, 0.15) is 5.82 Å². The number of ether oxygens (including phenoxy) is 1. The van der Waals surface area contributed by atoms with Gasteiger partial charge in [0.2, 0.25) is 5.66 Å². The molecule has 0 saturated carbocycles. The molecule has 0 radical (unpaired) electrons. The number of aromatic carboxylic acids is 1. The highest BCUT2D eigenvalue weighted by Gasteiger charge is 2.48. The van der Waals surface area contributed by atoms with Crippen LogP contribution in [0.4, 0.5) is 26.0 Å². The van der Waals surface area contributed by atoms with E-state index in [1.165, 1.54) is 12.1 Å². The van der Waals surface area contributed by atoms with Gasteiger partial charge in [0.05, 0.1) is 35.8 Å². The van der Waals surface area contributed by atoms with Gasteiger partial charge in [0, 0.05) is 24.7 Å². The molecule has 8 nitrogen and oxygen atoms in total. The van der Waals surface area contributed by atoms with Crippen LogP contribution in [0, 0.1) is 0 Å². The number of carboxylic acid groups (broad SMARTS) is 1. The molecule has 5 rings (SSSR count). The van der Waals surface area contributed by atoms with Crippen molar-refractivity contribution in [2.75, 3.05) is 41.8 Å². The van der Waals surface area contributed by atoms with Gasteiger partial charge in [0.15, 0.2) is 5.82 Å². The molecule has 1 aromatic heterocycles. The fraction of sp³-hybridized carbons (Fsp3) is 0.261. The van der Waals surface area contributed by atoms with Gasteiger partial charge in [-0.2, -0.15) is 0 Å². The van der Waals surface area contributed by atoms with Gasteiger partial charge in [-0.1, -0.05) is 24.3 Å². The van der Waals surface area contributed by atoms with Crippen molar-refractivity contribution in [3.05, 3.63) is 65.9 Å². The van der Waals surface area contributed by atoms with E-state index in [0.717, 1.165) is 0 Å². The van der Waals surface area contributed by atoms with Crippen LogP contribution < -0.4 is 15.5 Å². The molecule has 1 fully saturated rings. The molecule has 0 spiro atoms. The number of hydrogen-bond donors (Lipinski definition) is 3. The molecule has 33 heavy (non-hydrogen) atoms. The summed E-state index contributed by atoms with van der Waals surface area (Å²) in [7, 11) is 0. The quantitative estimate of drug-likeness (QED) is 0.539. The number of hydrogen-bond acceptors (Lipinski definition) is 7. The lowest BCUT2D eigenvalue weighted by atomic mass is 10.1. The summed E-state index contributed by atoms with van der Waals surface area (Å²) in [5, 5.41) is 15.0. The average molecular weight is 453 g/mol. The zero-order valence-corrected chi connectivity index (χ0v) is 17.5. The molecule has 3 aromatic rings. The van der Waals surface area contributed by atoms with Gasteiger partial charge in [-0.15, -0.1) is 0 Å². The Bertz CT molecular complexity index is 1160. The van der Waals surface area contributed by atoms with Crippen LogP contribution >= 0.6 is 0 Å².